The number of hydrogen-bond donors (Lipinski definition) is 1. The Labute approximate surface area is 229 Å². The summed E-state index contributed by atoms with van der Waals surface area (Å²) in [7, 11) is 2.94. The molecule has 0 bridgehead atoms. The number of rotatable bonds is 7. The normalized spacial score (nSPS) is 23.1. The van der Waals surface area contributed by atoms with E-state index in [4.69, 9.17) is 37.6 Å². The number of fused-ring (bicyclic) bond motifs is 2. The molecule has 1 aromatic heterocycles. The van der Waals surface area contributed by atoms with Crippen molar-refractivity contribution in [3.8, 4) is 11.5 Å². The number of carbonyl (C=O) groups excluding carboxylic acids is 2. The molecule has 1 amide bonds. The van der Waals surface area contributed by atoms with Crippen LogP contribution in [0, 0.1) is 6.92 Å². The number of nitrogens with one attached hydrogen (secondary N) is 1. The topological polar surface area (TPSA) is 141 Å². The van der Waals surface area contributed by atoms with Gasteiger partial charge in [0, 0.05) is 18.1 Å². The van der Waals surface area contributed by atoms with Gasteiger partial charge in [-0.15, -0.1) is 0 Å². The molecule has 2 saturated heterocycles. The third-order valence-corrected chi connectivity index (χ3v) is 6.79. The molecule has 12 nitrogen and oxygen atoms in total. The molecule has 0 unspecified atom stereocenters. The maximum Gasteiger partial charge on any atom is 0.509 e. The first-order valence-electron chi connectivity index (χ1n) is 12.5. The van der Waals surface area contributed by atoms with Crippen LogP contribution in [0.15, 0.2) is 51.7 Å². The highest BCUT2D eigenvalue weighted by molar-refractivity contribution is 5.90. The standard InChI is InChI=1S/C28H29NO11/c1-14-19-16(11-17(24(30)36-19)29-26(31)35-13-15-9-7-6-8-10-15)12-18(33-4)20(14)37-25-22-21(38-27(32)39-22)23(34-5)28(2,3)40-25/h6-12,21-23,25H,13H2,1-5H3,(H,29,31)/t21-,22+,23+,25+/m0/s1. The SMILES string of the molecule is COc1cc2cc(NC(=O)OCc3ccccc3)c(=O)oc2c(C)c1O[C@@H]1OC(C)(C)[C@H](OC)[C@H]2OC(=O)O[C@@H]12. The highest BCUT2D eigenvalue weighted by Crippen LogP contribution is 2.42. The zero-order chi connectivity index (χ0) is 28.6. The van der Waals surface area contributed by atoms with Crippen LogP contribution in [0.25, 0.3) is 11.0 Å². The number of anilines is 1. The average Bonchev–Trinajstić information content (AvgIpc) is 3.31. The van der Waals surface area contributed by atoms with E-state index in [1.807, 2.05) is 30.3 Å². The molecule has 1 N–H and O–H groups in total. The van der Waals surface area contributed by atoms with E-state index in [1.54, 1.807) is 26.8 Å². The van der Waals surface area contributed by atoms with Gasteiger partial charge >= 0.3 is 17.9 Å². The first kappa shape index (κ1) is 27.3. The van der Waals surface area contributed by atoms with Crippen molar-refractivity contribution >= 4 is 28.9 Å². The van der Waals surface area contributed by atoms with Gasteiger partial charge in [-0.2, -0.15) is 0 Å². The van der Waals surface area contributed by atoms with Crippen molar-refractivity contribution in [2.24, 2.45) is 0 Å². The summed E-state index contributed by atoms with van der Waals surface area (Å²) in [5, 5.41) is 2.88. The van der Waals surface area contributed by atoms with Crippen LogP contribution in [0.4, 0.5) is 15.3 Å². The van der Waals surface area contributed by atoms with Crippen molar-refractivity contribution in [2.75, 3.05) is 19.5 Å². The number of hydrogen-bond acceptors (Lipinski definition) is 11. The maximum absolute atomic E-state index is 12.8. The number of benzene rings is 2. The second-order valence-corrected chi connectivity index (χ2v) is 9.86. The van der Waals surface area contributed by atoms with Gasteiger partial charge in [0.1, 0.15) is 24.0 Å². The van der Waals surface area contributed by atoms with E-state index < -0.39 is 48.1 Å². The maximum atomic E-state index is 12.8. The molecule has 2 aliphatic rings. The molecule has 4 atom stereocenters. The van der Waals surface area contributed by atoms with Crippen LogP contribution in [0.5, 0.6) is 11.5 Å². The van der Waals surface area contributed by atoms with E-state index >= 15 is 0 Å². The highest BCUT2D eigenvalue weighted by Gasteiger charge is 2.59. The van der Waals surface area contributed by atoms with Crippen LogP contribution in [0.3, 0.4) is 0 Å². The molecule has 3 aromatic rings. The monoisotopic (exact) mass is 555 g/mol. The number of amides is 1. The van der Waals surface area contributed by atoms with Crippen LogP contribution in [-0.2, 0) is 30.3 Å². The molecule has 0 spiro atoms. The summed E-state index contributed by atoms with van der Waals surface area (Å²) < 4.78 is 44.9. The Kier molecular flexibility index (Phi) is 7.30. The lowest BCUT2D eigenvalue weighted by molar-refractivity contribution is -0.283. The molecule has 2 aromatic carbocycles. The molecule has 12 heteroatoms. The predicted molar refractivity (Wildman–Crippen MR) is 140 cm³/mol. The molecule has 2 aliphatic heterocycles. The average molecular weight is 556 g/mol. The lowest BCUT2D eigenvalue weighted by Crippen LogP contribution is -2.62. The van der Waals surface area contributed by atoms with E-state index in [1.165, 1.54) is 20.3 Å². The molecule has 3 heterocycles. The van der Waals surface area contributed by atoms with Crippen molar-refractivity contribution in [1.82, 2.24) is 0 Å². The number of methoxy groups -OCH3 is 2. The van der Waals surface area contributed by atoms with Crippen molar-refractivity contribution in [3.05, 3.63) is 64.0 Å². The van der Waals surface area contributed by atoms with Gasteiger partial charge < -0.3 is 37.6 Å². The van der Waals surface area contributed by atoms with Gasteiger partial charge in [0.25, 0.3) is 0 Å². The van der Waals surface area contributed by atoms with Crippen molar-refractivity contribution in [2.45, 2.75) is 57.6 Å². The van der Waals surface area contributed by atoms with Gasteiger partial charge in [0.15, 0.2) is 17.6 Å². The Morgan fingerprint density at radius 1 is 1.05 bits per heavy atom. The lowest BCUT2D eigenvalue weighted by Gasteiger charge is -2.45. The van der Waals surface area contributed by atoms with Crippen molar-refractivity contribution in [3.63, 3.8) is 0 Å². The largest absolute Gasteiger partial charge is 0.509 e. The minimum atomic E-state index is -1.09. The molecule has 0 aliphatic carbocycles. The van der Waals surface area contributed by atoms with Crippen LogP contribution in [-0.4, -0.2) is 56.7 Å². The van der Waals surface area contributed by atoms with Gasteiger partial charge in [-0.3, -0.25) is 5.32 Å². The van der Waals surface area contributed by atoms with Gasteiger partial charge in [-0.25, -0.2) is 14.4 Å². The Morgan fingerprint density at radius 3 is 2.48 bits per heavy atom. The molecule has 2 fully saturated rings. The molecule has 40 heavy (non-hydrogen) atoms. The Balaban J connectivity index is 1.41. The predicted octanol–water partition coefficient (Wildman–Crippen LogP) is 4.29. The fourth-order valence-corrected chi connectivity index (χ4v) is 4.92. The Morgan fingerprint density at radius 2 is 1.77 bits per heavy atom. The smallest absolute Gasteiger partial charge is 0.493 e. The zero-order valence-electron chi connectivity index (χ0n) is 22.5. The summed E-state index contributed by atoms with van der Waals surface area (Å²) >= 11 is 0. The van der Waals surface area contributed by atoms with Gasteiger partial charge in [0.2, 0.25) is 12.4 Å². The number of carbonyl (C=O) groups is 2. The van der Waals surface area contributed by atoms with Crippen molar-refractivity contribution < 1.29 is 47.2 Å². The third kappa shape index (κ3) is 5.15. The number of aryl methyl sites for hydroxylation is 1. The summed E-state index contributed by atoms with van der Waals surface area (Å²) in [5.41, 5.74) is -0.397. The fourth-order valence-electron chi connectivity index (χ4n) is 4.92. The van der Waals surface area contributed by atoms with Crippen LogP contribution in [0.2, 0.25) is 0 Å². The van der Waals surface area contributed by atoms with E-state index in [9.17, 15) is 14.4 Å². The van der Waals surface area contributed by atoms with Gasteiger partial charge in [-0.05, 0) is 38.5 Å². The summed E-state index contributed by atoms with van der Waals surface area (Å²) in [5.74, 6) is 0.494. The Hall–Kier alpha value is -4.29. The van der Waals surface area contributed by atoms with Gasteiger partial charge in [-0.1, -0.05) is 30.3 Å². The molecular weight excluding hydrogens is 526 g/mol. The molecular formula is C28H29NO11. The molecule has 0 saturated carbocycles. The third-order valence-electron chi connectivity index (χ3n) is 6.79. The fraction of sp³-hybridized carbons (Fsp3) is 0.393. The zero-order valence-corrected chi connectivity index (χ0v) is 22.5. The second-order valence-electron chi connectivity index (χ2n) is 9.86. The minimum absolute atomic E-state index is 0.0343. The van der Waals surface area contributed by atoms with Crippen LogP contribution < -0.4 is 20.4 Å². The molecule has 5 rings (SSSR count). The van der Waals surface area contributed by atoms with E-state index in [0.717, 1.165) is 5.56 Å². The number of ether oxygens (including phenoxy) is 7. The molecule has 0 radical (unpaired) electrons. The minimum Gasteiger partial charge on any atom is -0.493 e. The summed E-state index contributed by atoms with van der Waals surface area (Å²) in [4.78, 5) is 37.1. The lowest BCUT2D eigenvalue weighted by atomic mass is 9.89. The highest BCUT2D eigenvalue weighted by atomic mass is 16.8. The van der Waals surface area contributed by atoms with E-state index in [-0.39, 0.29) is 29.4 Å². The van der Waals surface area contributed by atoms with Crippen LogP contribution >= 0.6 is 0 Å². The van der Waals surface area contributed by atoms with E-state index in [2.05, 4.69) is 5.32 Å². The first-order valence-corrected chi connectivity index (χ1v) is 12.5. The summed E-state index contributed by atoms with van der Waals surface area (Å²) in [6, 6.07) is 12.2. The first-order chi connectivity index (χ1) is 19.1. The van der Waals surface area contributed by atoms with Crippen LogP contribution in [0.1, 0.15) is 25.0 Å². The van der Waals surface area contributed by atoms with Crippen molar-refractivity contribution in [1.29, 1.82) is 0 Å². The van der Waals surface area contributed by atoms with Gasteiger partial charge in [0.05, 0.1) is 12.7 Å². The van der Waals surface area contributed by atoms with E-state index in [0.29, 0.717) is 10.9 Å². The summed E-state index contributed by atoms with van der Waals surface area (Å²) in [6.07, 6.45) is -5.06. The molecule has 212 valence electrons. The second kappa shape index (κ2) is 10.7. The summed E-state index contributed by atoms with van der Waals surface area (Å²) in [6.45, 7) is 5.27. The Bertz CT molecular complexity index is 1480. The quantitative estimate of drug-likeness (QED) is 0.330.